The smallest absolute Gasteiger partial charge is 0.404 e. The first kappa shape index (κ1) is 15.6. The van der Waals surface area contributed by atoms with Gasteiger partial charge < -0.3 is 10.5 Å². The fraction of sp³-hybridized carbons (Fsp3) is 0.133. The van der Waals surface area contributed by atoms with Crippen LogP contribution in [-0.2, 0) is 18.4 Å². The Morgan fingerprint density at radius 1 is 1.39 bits per heavy atom. The van der Waals surface area contributed by atoms with Crippen molar-refractivity contribution < 1.29 is 9.53 Å². The molecule has 0 aliphatic carbocycles. The second-order valence-corrected chi connectivity index (χ2v) is 7.20. The van der Waals surface area contributed by atoms with E-state index in [0.717, 1.165) is 25.2 Å². The van der Waals surface area contributed by atoms with Gasteiger partial charge >= 0.3 is 6.09 Å². The van der Waals surface area contributed by atoms with Gasteiger partial charge in [0.25, 0.3) is 0 Å². The number of hydrogen-bond donors (Lipinski definition) is 1. The summed E-state index contributed by atoms with van der Waals surface area (Å²) in [5, 5.41) is 4.91. The second kappa shape index (κ2) is 6.84. The van der Waals surface area contributed by atoms with Gasteiger partial charge in [-0.25, -0.2) is 9.78 Å². The molecule has 3 aromatic rings. The summed E-state index contributed by atoms with van der Waals surface area (Å²) in [5.41, 5.74) is 7.14. The molecule has 0 spiro atoms. The van der Waals surface area contributed by atoms with E-state index in [2.05, 4.69) is 22.2 Å². The molecule has 0 aliphatic rings. The number of primary amides is 1. The zero-order chi connectivity index (χ0) is 16.2. The van der Waals surface area contributed by atoms with E-state index in [0.29, 0.717) is 0 Å². The molecule has 2 heterocycles. The average Bonchev–Trinajstić information content (AvgIpc) is 3.14. The van der Waals surface area contributed by atoms with E-state index in [4.69, 9.17) is 10.5 Å². The fourth-order valence-corrected chi connectivity index (χ4v) is 3.94. The van der Waals surface area contributed by atoms with Crippen molar-refractivity contribution in [3.63, 3.8) is 0 Å². The topological polar surface area (TPSA) is 83.0 Å². The zero-order valence-corrected chi connectivity index (χ0v) is 13.9. The van der Waals surface area contributed by atoms with E-state index in [1.807, 2.05) is 31.6 Å². The Labute approximate surface area is 141 Å². The Kier molecular flexibility index (Phi) is 4.63. The van der Waals surface area contributed by atoms with Crippen molar-refractivity contribution in [3.05, 3.63) is 47.9 Å². The van der Waals surface area contributed by atoms with Gasteiger partial charge in [0.2, 0.25) is 0 Å². The van der Waals surface area contributed by atoms with E-state index >= 15 is 0 Å². The van der Waals surface area contributed by atoms with Crippen molar-refractivity contribution in [1.82, 2.24) is 14.8 Å². The predicted octanol–water partition coefficient (Wildman–Crippen LogP) is 3.29. The third-order valence-electron chi connectivity index (χ3n) is 2.96. The number of amides is 1. The molecule has 0 bridgehead atoms. The molecule has 6 nitrogen and oxygen atoms in total. The summed E-state index contributed by atoms with van der Waals surface area (Å²) in [4.78, 5) is 15.9. The minimum absolute atomic E-state index is 0.107. The molecule has 2 aromatic heterocycles. The van der Waals surface area contributed by atoms with Crippen LogP contribution in [0.2, 0.25) is 0 Å². The quantitative estimate of drug-likeness (QED) is 0.766. The first-order chi connectivity index (χ1) is 11.1. The van der Waals surface area contributed by atoms with Gasteiger partial charge in [-0.15, -0.1) is 11.3 Å². The van der Waals surface area contributed by atoms with E-state index in [9.17, 15) is 4.79 Å². The van der Waals surface area contributed by atoms with Crippen LogP contribution in [0.3, 0.4) is 0 Å². The molecule has 0 fully saturated rings. The number of carbonyl (C=O) groups is 1. The number of nitrogens with zero attached hydrogens (tertiary/aromatic N) is 3. The number of thiazole rings is 1. The van der Waals surface area contributed by atoms with Gasteiger partial charge in [-0.2, -0.15) is 5.10 Å². The zero-order valence-electron chi connectivity index (χ0n) is 12.3. The molecule has 0 saturated heterocycles. The summed E-state index contributed by atoms with van der Waals surface area (Å²) < 4.78 is 7.54. The molecule has 0 atom stereocenters. The maximum atomic E-state index is 10.6. The van der Waals surface area contributed by atoms with Crippen LogP contribution in [0.15, 0.2) is 52.0 Å². The lowest BCUT2D eigenvalue weighted by molar-refractivity contribution is 0.150. The van der Waals surface area contributed by atoms with Crippen LogP contribution in [0, 0.1) is 0 Å². The normalized spacial score (nSPS) is 10.7. The van der Waals surface area contributed by atoms with Gasteiger partial charge in [0.05, 0.1) is 16.6 Å². The number of aryl methyl sites for hydroxylation is 1. The highest BCUT2D eigenvalue weighted by molar-refractivity contribution is 8.01. The lowest BCUT2D eigenvalue weighted by Gasteiger charge is -2.02. The van der Waals surface area contributed by atoms with E-state index in [1.165, 1.54) is 11.3 Å². The van der Waals surface area contributed by atoms with Gasteiger partial charge in [0.15, 0.2) is 0 Å². The highest BCUT2D eigenvalue weighted by Crippen LogP contribution is 2.34. The van der Waals surface area contributed by atoms with Crippen molar-refractivity contribution in [1.29, 1.82) is 0 Å². The molecule has 1 aromatic carbocycles. The summed E-state index contributed by atoms with van der Waals surface area (Å²) in [6.07, 6.45) is 4.80. The Hall–Kier alpha value is -2.32. The number of rotatable bonds is 5. The molecular formula is C15H14N4O2S2. The Morgan fingerprint density at radius 2 is 2.26 bits per heavy atom. The minimum Gasteiger partial charge on any atom is -0.442 e. The van der Waals surface area contributed by atoms with Crippen molar-refractivity contribution in [2.45, 2.75) is 15.7 Å². The van der Waals surface area contributed by atoms with Crippen LogP contribution in [-0.4, -0.2) is 20.9 Å². The molecule has 23 heavy (non-hydrogen) atoms. The molecule has 118 valence electrons. The highest BCUT2D eigenvalue weighted by atomic mass is 32.2. The SMILES string of the molecule is Cn1cc(-c2cccc(Sc3cnc(COC(N)=O)s3)c2)cn1. The van der Waals surface area contributed by atoms with Crippen LogP contribution in [0.4, 0.5) is 4.79 Å². The maximum absolute atomic E-state index is 10.6. The van der Waals surface area contributed by atoms with Crippen LogP contribution < -0.4 is 5.73 Å². The monoisotopic (exact) mass is 346 g/mol. The summed E-state index contributed by atoms with van der Waals surface area (Å²) in [7, 11) is 1.90. The number of nitrogens with two attached hydrogens (primary N) is 1. The Bertz CT molecular complexity index is 828. The van der Waals surface area contributed by atoms with Crippen LogP contribution in [0.1, 0.15) is 5.01 Å². The Balaban J connectivity index is 1.72. The fourth-order valence-electron chi connectivity index (χ4n) is 1.97. The first-order valence-corrected chi connectivity index (χ1v) is 8.37. The average molecular weight is 346 g/mol. The van der Waals surface area contributed by atoms with E-state index in [1.54, 1.807) is 22.6 Å². The maximum Gasteiger partial charge on any atom is 0.404 e. The van der Waals surface area contributed by atoms with Crippen LogP contribution in [0.5, 0.6) is 0 Å². The van der Waals surface area contributed by atoms with Gasteiger partial charge in [0.1, 0.15) is 11.6 Å². The Morgan fingerprint density at radius 3 is 3.00 bits per heavy atom. The summed E-state index contributed by atoms with van der Waals surface area (Å²) in [6, 6.07) is 8.23. The van der Waals surface area contributed by atoms with E-state index < -0.39 is 6.09 Å². The predicted molar refractivity (Wildman–Crippen MR) is 89.3 cm³/mol. The largest absolute Gasteiger partial charge is 0.442 e. The van der Waals surface area contributed by atoms with Gasteiger partial charge in [-0.1, -0.05) is 23.9 Å². The lowest BCUT2D eigenvalue weighted by Crippen LogP contribution is -2.12. The number of aromatic nitrogens is 3. The molecule has 8 heteroatoms. The second-order valence-electron chi connectivity index (χ2n) is 4.71. The molecule has 2 N–H and O–H groups in total. The van der Waals surface area contributed by atoms with Gasteiger partial charge in [0, 0.05) is 23.7 Å². The third-order valence-corrected chi connectivity index (χ3v) is 5.02. The van der Waals surface area contributed by atoms with Crippen LogP contribution >= 0.6 is 23.1 Å². The van der Waals surface area contributed by atoms with Gasteiger partial charge in [-0.3, -0.25) is 4.68 Å². The standard InChI is InChI=1S/C15H14N4O2S2/c1-19-8-11(6-18-19)10-3-2-4-12(5-10)22-14-7-17-13(23-14)9-21-15(16)20/h2-8H,9H2,1H3,(H2,16,20). The summed E-state index contributed by atoms with van der Waals surface area (Å²) in [5.74, 6) is 0. The lowest BCUT2D eigenvalue weighted by atomic mass is 10.1. The molecule has 0 aliphatic heterocycles. The van der Waals surface area contributed by atoms with Crippen molar-refractivity contribution in [3.8, 4) is 11.1 Å². The molecule has 1 amide bonds. The van der Waals surface area contributed by atoms with Gasteiger partial charge in [-0.05, 0) is 17.7 Å². The molecule has 0 unspecified atom stereocenters. The first-order valence-electron chi connectivity index (χ1n) is 6.74. The molecular weight excluding hydrogens is 332 g/mol. The third kappa shape index (κ3) is 4.11. The van der Waals surface area contributed by atoms with Crippen molar-refractivity contribution in [2.75, 3.05) is 0 Å². The number of ether oxygens (including phenoxy) is 1. The number of carbonyl (C=O) groups excluding carboxylic acids is 1. The molecule has 0 saturated carbocycles. The van der Waals surface area contributed by atoms with Crippen LogP contribution in [0.25, 0.3) is 11.1 Å². The highest BCUT2D eigenvalue weighted by Gasteiger charge is 2.07. The van der Waals surface area contributed by atoms with E-state index in [-0.39, 0.29) is 6.61 Å². The van der Waals surface area contributed by atoms with Crippen molar-refractivity contribution in [2.24, 2.45) is 12.8 Å². The number of benzene rings is 1. The number of hydrogen-bond acceptors (Lipinski definition) is 6. The summed E-state index contributed by atoms with van der Waals surface area (Å²) >= 11 is 3.09. The minimum atomic E-state index is -0.793. The van der Waals surface area contributed by atoms with Crippen molar-refractivity contribution >= 4 is 29.2 Å². The molecule has 3 rings (SSSR count). The molecule has 0 radical (unpaired) electrons. The summed E-state index contributed by atoms with van der Waals surface area (Å²) in [6.45, 7) is 0.107.